The summed E-state index contributed by atoms with van der Waals surface area (Å²) in [6.07, 6.45) is 1.46. The summed E-state index contributed by atoms with van der Waals surface area (Å²) in [7, 11) is 1.72. The molecule has 1 aromatic heterocycles. The largest absolute Gasteiger partial charge is 0.436 e. The van der Waals surface area contributed by atoms with E-state index in [-0.39, 0.29) is 10.4 Å². The fourth-order valence-corrected chi connectivity index (χ4v) is 1.87. The van der Waals surface area contributed by atoms with E-state index in [9.17, 15) is 8.78 Å². The molecule has 0 amide bonds. The number of pyridine rings is 1. The van der Waals surface area contributed by atoms with Crippen LogP contribution < -0.4 is 10.1 Å². The molecule has 19 heavy (non-hydrogen) atoms. The Labute approximate surface area is 117 Å². The highest BCUT2D eigenvalue weighted by atomic mass is 79.9. The van der Waals surface area contributed by atoms with Crippen LogP contribution in [0, 0.1) is 11.6 Å². The third kappa shape index (κ3) is 3.27. The van der Waals surface area contributed by atoms with Crippen LogP contribution in [-0.4, -0.2) is 12.0 Å². The molecule has 6 heteroatoms. The molecule has 1 aromatic carbocycles. The second kappa shape index (κ2) is 6.08. The maximum absolute atomic E-state index is 14.0. The number of nitrogens with one attached hydrogen (secondary N) is 1. The summed E-state index contributed by atoms with van der Waals surface area (Å²) < 4.78 is 32.7. The second-order valence-corrected chi connectivity index (χ2v) is 4.65. The van der Waals surface area contributed by atoms with E-state index in [0.717, 1.165) is 0 Å². The van der Waals surface area contributed by atoms with Gasteiger partial charge < -0.3 is 10.1 Å². The normalized spacial score (nSPS) is 10.5. The maximum atomic E-state index is 14.0. The molecule has 1 N–H and O–H groups in total. The number of nitrogens with zero attached hydrogens (tertiary/aromatic N) is 1. The molecule has 0 radical (unpaired) electrons. The highest BCUT2D eigenvalue weighted by molar-refractivity contribution is 9.10. The first-order valence-electron chi connectivity index (χ1n) is 5.52. The van der Waals surface area contributed by atoms with Gasteiger partial charge in [-0.25, -0.2) is 13.8 Å². The first-order chi connectivity index (χ1) is 9.11. The number of halogens is 3. The number of benzene rings is 1. The Bertz CT molecular complexity index is 593. The lowest BCUT2D eigenvalue weighted by atomic mass is 10.2. The predicted molar refractivity (Wildman–Crippen MR) is 71.1 cm³/mol. The fraction of sp³-hybridized carbons (Fsp3) is 0.154. The average Bonchev–Trinajstić information content (AvgIpc) is 2.39. The van der Waals surface area contributed by atoms with Crippen molar-refractivity contribution < 1.29 is 13.5 Å². The quantitative estimate of drug-likeness (QED) is 0.930. The van der Waals surface area contributed by atoms with E-state index >= 15 is 0 Å². The Kier molecular flexibility index (Phi) is 4.44. The standard InChI is InChI=1S/C13H11BrF2N2O/c1-17-7-8-4-5-18-13(12(8)16)19-9-2-3-11(15)10(14)6-9/h2-6,17H,7H2,1H3. The molecule has 0 aliphatic carbocycles. The van der Waals surface area contributed by atoms with Gasteiger partial charge in [-0.15, -0.1) is 0 Å². The van der Waals surface area contributed by atoms with E-state index in [1.165, 1.54) is 24.4 Å². The van der Waals surface area contributed by atoms with Gasteiger partial charge in [0.2, 0.25) is 0 Å². The maximum Gasteiger partial charge on any atom is 0.256 e. The number of rotatable bonds is 4. The van der Waals surface area contributed by atoms with Crippen LogP contribution >= 0.6 is 15.9 Å². The van der Waals surface area contributed by atoms with Gasteiger partial charge in [0.1, 0.15) is 11.6 Å². The minimum Gasteiger partial charge on any atom is -0.436 e. The lowest BCUT2D eigenvalue weighted by Crippen LogP contribution is -2.08. The van der Waals surface area contributed by atoms with Gasteiger partial charge in [0.05, 0.1) is 4.47 Å². The van der Waals surface area contributed by atoms with Gasteiger partial charge in [-0.2, -0.15) is 0 Å². The molecular formula is C13H11BrF2N2O. The lowest BCUT2D eigenvalue weighted by molar-refractivity contribution is 0.417. The summed E-state index contributed by atoms with van der Waals surface area (Å²) in [4.78, 5) is 3.83. The monoisotopic (exact) mass is 328 g/mol. The van der Waals surface area contributed by atoms with Gasteiger partial charge in [0, 0.05) is 18.3 Å². The van der Waals surface area contributed by atoms with Crippen LogP contribution in [0.5, 0.6) is 11.6 Å². The van der Waals surface area contributed by atoms with E-state index in [0.29, 0.717) is 17.9 Å². The van der Waals surface area contributed by atoms with Crippen LogP contribution in [0.15, 0.2) is 34.9 Å². The van der Waals surface area contributed by atoms with Crippen molar-refractivity contribution in [3.8, 4) is 11.6 Å². The van der Waals surface area contributed by atoms with E-state index in [1.54, 1.807) is 13.1 Å². The topological polar surface area (TPSA) is 34.2 Å². The molecule has 100 valence electrons. The first kappa shape index (κ1) is 13.9. The predicted octanol–water partition coefficient (Wildman–Crippen LogP) is 3.63. The Hall–Kier alpha value is -1.53. The van der Waals surface area contributed by atoms with Crippen molar-refractivity contribution in [2.45, 2.75) is 6.54 Å². The Morgan fingerprint density at radius 2 is 2.11 bits per heavy atom. The number of hydrogen-bond acceptors (Lipinski definition) is 3. The zero-order valence-electron chi connectivity index (χ0n) is 10.1. The molecule has 1 heterocycles. The van der Waals surface area contributed by atoms with Gasteiger partial charge in [-0.3, -0.25) is 0 Å². The van der Waals surface area contributed by atoms with Crippen molar-refractivity contribution in [2.24, 2.45) is 0 Å². The number of aromatic nitrogens is 1. The average molecular weight is 329 g/mol. The first-order valence-corrected chi connectivity index (χ1v) is 6.32. The Morgan fingerprint density at radius 1 is 1.32 bits per heavy atom. The summed E-state index contributed by atoms with van der Waals surface area (Å²) in [6, 6.07) is 5.63. The highest BCUT2D eigenvalue weighted by Gasteiger charge is 2.12. The molecule has 3 nitrogen and oxygen atoms in total. The smallest absolute Gasteiger partial charge is 0.256 e. The molecule has 0 aliphatic heterocycles. The van der Waals surface area contributed by atoms with Crippen molar-refractivity contribution in [2.75, 3.05) is 7.05 Å². The third-order valence-corrected chi connectivity index (χ3v) is 3.02. The van der Waals surface area contributed by atoms with Crippen molar-refractivity contribution >= 4 is 15.9 Å². The molecule has 0 spiro atoms. The van der Waals surface area contributed by atoms with Crippen molar-refractivity contribution in [1.29, 1.82) is 0 Å². The van der Waals surface area contributed by atoms with E-state index in [4.69, 9.17) is 4.74 Å². The minimum atomic E-state index is -0.530. The molecule has 0 saturated heterocycles. The fourth-order valence-electron chi connectivity index (χ4n) is 1.51. The van der Waals surface area contributed by atoms with Gasteiger partial charge in [0.15, 0.2) is 5.82 Å². The van der Waals surface area contributed by atoms with Gasteiger partial charge in [-0.1, -0.05) is 0 Å². The van der Waals surface area contributed by atoms with Crippen LogP contribution in [0.4, 0.5) is 8.78 Å². The van der Waals surface area contributed by atoms with Crippen LogP contribution in [0.2, 0.25) is 0 Å². The molecule has 0 unspecified atom stereocenters. The van der Waals surface area contributed by atoms with Crippen LogP contribution in [0.25, 0.3) is 0 Å². The highest BCUT2D eigenvalue weighted by Crippen LogP contribution is 2.27. The molecule has 0 saturated carbocycles. The molecule has 0 fully saturated rings. The molecule has 2 aromatic rings. The van der Waals surface area contributed by atoms with Gasteiger partial charge in [-0.05, 0) is 47.2 Å². The Balaban J connectivity index is 2.27. The molecule has 0 atom stereocenters. The Morgan fingerprint density at radius 3 is 2.79 bits per heavy atom. The minimum absolute atomic E-state index is 0.133. The van der Waals surface area contributed by atoms with E-state index in [2.05, 4.69) is 26.2 Å². The second-order valence-electron chi connectivity index (χ2n) is 3.80. The zero-order valence-corrected chi connectivity index (χ0v) is 11.7. The molecule has 0 aliphatic rings. The van der Waals surface area contributed by atoms with Crippen molar-refractivity contribution in [3.63, 3.8) is 0 Å². The van der Waals surface area contributed by atoms with Crippen LogP contribution in [-0.2, 0) is 6.54 Å². The van der Waals surface area contributed by atoms with Gasteiger partial charge >= 0.3 is 0 Å². The summed E-state index contributed by atoms with van der Waals surface area (Å²) in [5, 5.41) is 2.85. The van der Waals surface area contributed by atoms with Crippen LogP contribution in [0.1, 0.15) is 5.56 Å². The number of ether oxygens (including phenoxy) is 1. The van der Waals surface area contributed by atoms with E-state index < -0.39 is 11.6 Å². The lowest BCUT2D eigenvalue weighted by Gasteiger charge is -2.09. The van der Waals surface area contributed by atoms with E-state index in [1.807, 2.05) is 0 Å². The summed E-state index contributed by atoms with van der Waals surface area (Å²) in [5.74, 6) is -0.769. The van der Waals surface area contributed by atoms with Gasteiger partial charge in [0.25, 0.3) is 5.88 Å². The van der Waals surface area contributed by atoms with Crippen molar-refractivity contribution in [1.82, 2.24) is 10.3 Å². The zero-order chi connectivity index (χ0) is 13.8. The third-order valence-electron chi connectivity index (χ3n) is 2.41. The van der Waals surface area contributed by atoms with Crippen LogP contribution in [0.3, 0.4) is 0 Å². The summed E-state index contributed by atoms with van der Waals surface area (Å²) in [5.41, 5.74) is 0.452. The molecule has 2 rings (SSSR count). The summed E-state index contributed by atoms with van der Waals surface area (Å²) in [6.45, 7) is 0.373. The summed E-state index contributed by atoms with van der Waals surface area (Å²) >= 11 is 3.04. The SMILES string of the molecule is CNCc1ccnc(Oc2ccc(F)c(Br)c2)c1F. The van der Waals surface area contributed by atoms with Crippen molar-refractivity contribution in [3.05, 3.63) is 52.1 Å². The molecular weight excluding hydrogens is 318 g/mol. The number of hydrogen-bond donors (Lipinski definition) is 1. The molecule has 0 bridgehead atoms.